The minimum Gasteiger partial charge on any atom is -0.388 e. The van der Waals surface area contributed by atoms with E-state index in [1.807, 2.05) is 26.0 Å². The summed E-state index contributed by atoms with van der Waals surface area (Å²) in [6.07, 6.45) is 3.27. The SMILES string of the molecule is Cc1noc(C)c1-c1ccc(C2CC2NCC2CN(CCCc3cccc(C(=O)CO)c3)C2)cc1. The van der Waals surface area contributed by atoms with Gasteiger partial charge >= 0.3 is 0 Å². The number of carbonyl (C=O) groups excluding carboxylic acids is 1. The van der Waals surface area contributed by atoms with Crippen molar-refractivity contribution in [2.24, 2.45) is 5.92 Å². The van der Waals surface area contributed by atoms with E-state index in [0.29, 0.717) is 17.5 Å². The second kappa shape index (κ2) is 10.4. The predicted molar refractivity (Wildman–Crippen MR) is 137 cm³/mol. The first kappa shape index (κ1) is 23.9. The minimum absolute atomic E-state index is 0.211. The maximum absolute atomic E-state index is 11.7. The van der Waals surface area contributed by atoms with Crippen molar-refractivity contribution in [2.75, 3.05) is 32.8 Å². The molecular weight excluding hydrogens is 438 g/mol. The Balaban J connectivity index is 0.992. The van der Waals surface area contributed by atoms with Crippen molar-refractivity contribution in [3.63, 3.8) is 0 Å². The Morgan fingerprint density at radius 1 is 1.17 bits per heavy atom. The van der Waals surface area contributed by atoms with Crippen molar-refractivity contribution >= 4 is 5.78 Å². The van der Waals surface area contributed by atoms with Crippen LogP contribution in [0.15, 0.2) is 53.1 Å². The summed E-state index contributed by atoms with van der Waals surface area (Å²) < 4.78 is 5.31. The van der Waals surface area contributed by atoms with Gasteiger partial charge in [0.1, 0.15) is 12.4 Å². The Bertz CT molecular complexity index is 1140. The second-order valence-electron chi connectivity index (χ2n) is 10.2. The van der Waals surface area contributed by atoms with Gasteiger partial charge in [0.2, 0.25) is 0 Å². The highest BCUT2D eigenvalue weighted by molar-refractivity contribution is 5.97. The lowest BCUT2D eigenvalue weighted by molar-refractivity contribution is 0.0903. The highest BCUT2D eigenvalue weighted by Crippen LogP contribution is 2.41. The Morgan fingerprint density at radius 3 is 2.69 bits per heavy atom. The molecule has 2 heterocycles. The monoisotopic (exact) mass is 473 g/mol. The molecule has 2 aromatic carbocycles. The number of aromatic nitrogens is 1. The smallest absolute Gasteiger partial charge is 0.188 e. The van der Waals surface area contributed by atoms with Crippen molar-refractivity contribution in [3.05, 3.63) is 76.7 Å². The van der Waals surface area contributed by atoms with Gasteiger partial charge in [-0.2, -0.15) is 0 Å². The third-order valence-electron chi connectivity index (χ3n) is 7.49. The van der Waals surface area contributed by atoms with Crippen molar-refractivity contribution in [1.82, 2.24) is 15.4 Å². The normalized spacial score (nSPS) is 20.1. The van der Waals surface area contributed by atoms with E-state index in [4.69, 9.17) is 9.63 Å². The topological polar surface area (TPSA) is 78.6 Å². The van der Waals surface area contributed by atoms with Gasteiger partial charge in [-0.25, -0.2) is 0 Å². The first-order chi connectivity index (χ1) is 17.0. The molecule has 5 rings (SSSR count). The van der Waals surface area contributed by atoms with Crippen LogP contribution in [0, 0.1) is 19.8 Å². The van der Waals surface area contributed by atoms with Crippen LogP contribution in [0.25, 0.3) is 11.1 Å². The number of benzene rings is 2. The number of likely N-dealkylation sites (tertiary alicyclic amines) is 1. The molecule has 2 unspecified atom stereocenters. The van der Waals surface area contributed by atoms with Crippen LogP contribution in [-0.4, -0.2) is 59.8 Å². The van der Waals surface area contributed by atoms with Gasteiger partial charge in [0.05, 0.1) is 5.69 Å². The molecule has 2 N–H and O–H groups in total. The molecule has 2 fully saturated rings. The average molecular weight is 474 g/mol. The van der Waals surface area contributed by atoms with Crippen molar-refractivity contribution in [1.29, 1.82) is 0 Å². The summed E-state index contributed by atoms with van der Waals surface area (Å²) in [6, 6.07) is 17.2. The van der Waals surface area contributed by atoms with Crippen LogP contribution in [0.5, 0.6) is 0 Å². The van der Waals surface area contributed by atoms with Crippen LogP contribution in [0.4, 0.5) is 0 Å². The predicted octanol–water partition coefficient (Wildman–Crippen LogP) is 4.14. The third kappa shape index (κ3) is 5.56. The number of nitrogens with zero attached hydrogens (tertiary/aromatic N) is 2. The molecule has 0 bridgehead atoms. The fourth-order valence-electron chi connectivity index (χ4n) is 5.39. The lowest BCUT2D eigenvalue weighted by Gasteiger charge is -2.39. The molecule has 0 amide bonds. The molecule has 1 saturated carbocycles. The third-order valence-corrected chi connectivity index (χ3v) is 7.49. The van der Waals surface area contributed by atoms with Crippen molar-refractivity contribution in [3.8, 4) is 11.1 Å². The summed E-state index contributed by atoms with van der Waals surface area (Å²) in [6.45, 7) is 8.05. The van der Waals surface area contributed by atoms with Gasteiger partial charge in [-0.05, 0) is 68.3 Å². The first-order valence-electron chi connectivity index (χ1n) is 12.7. The number of aliphatic hydroxyl groups is 1. The summed E-state index contributed by atoms with van der Waals surface area (Å²) in [7, 11) is 0. The minimum atomic E-state index is -0.427. The van der Waals surface area contributed by atoms with Crippen LogP contribution in [-0.2, 0) is 6.42 Å². The molecule has 0 spiro atoms. The number of nitrogens with one attached hydrogen (secondary N) is 1. The summed E-state index contributed by atoms with van der Waals surface area (Å²) in [5.74, 6) is 2.03. The number of rotatable bonds is 11. The van der Waals surface area contributed by atoms with Gasteiger partial charge in [0, 0.05) is 42.7 Å². The van der Waals surface area contributed by atoms with Gasteiger partial charge in [-0.15, -0.1) is 0 Å². The standard InChI is InChI=1S/C29H35N3O3/c1-19-29(20(2)35-31-19)24-10-8-23(9-11-24)26-14-27(26)30-15-22-16-32(17-22)12-4-6-21-5-3-7-25(13-21)28(34)18-33/h3,5,7-11,13,22,26-27,30,33H,4,6,12,14-18H2,1-2H3. The van der Waals surface area contributed by atoms with Gasteiger partial charge in [-0.3, -0.25) is 4.79 Å². The van der Waals surface area contributed by atoms with E-state index in [2.05, 4.69) is 45.7 Å². The van der Waals surface area contributed by atoms with E-state index in [1.54, 1.807) is 6.07 Å². The largest absolute Gasteiger partial charge is 0.388 e. The van der Waals surface area contributed by atoms with E-state index in [9.17, 15) is 4.79 Å². The summed E-state index contributed by atoms with van der Waals surface area (Å²) in [4.78, 5) is 14.2. The zero-order chi connectivity index (χ0) is 24.4. The summed E-state index contributed by atoms with van der Waals surface area (Å²) >= 11 is 0. The van der Waals surface area contributed by atoms with Crippen molar-refractivity contribution in [2.45, 2.75) is 45.1 Å². The Morgan fingerprint density at radius 2 is 1.97 bits per heavy atom. The molecule has 3 aromatic rings. The Labute approximate surface area is 207 Å². The highest BCUT2D eigenvalue weighted by Gasteiger charge is 2.39. The fourth-order valence-corrected chi connectivity index (χ4v) is 5.39. The maximum atomic E-state index is 11.7. The molecule has 35 heavy (non-hydrogen) atoms. The highest BCUT2D eigenvalue weighted by atomic mass is 16.5. The zero-order valence-corrected chi connectivity index (χ0v) is 20.7. The number of aliphatic hydroxyl groups excluding tert-OH is 1. The molecule has 184 valence electrons. The fraction of sp³-hybridized carbons (Fsp3) is 0.448. The van der Waals surface area contributed by atoms with Crippen LogP contribution >= 0.6 is 0 Å². The lowest BCUT2D eigenvalue weighted by atomic mass is 9.98. The number of ketones is 1. The van der Waals surface area contributed by atoms with Crippen LogP contribution in [0.3, 0.4) is 0 Å². The summed E-state index contributed by atoms with van der Waals surface area (Å²) in [5, 5.41) is 16.9. The molecule has 1 saturated heterocycles. The average Bonchev–Trinajstić information content (AvgIpc) is 3.55. The number of Topliss-reactive ketones (excluding diaryl/α,β-unsaturated/α-hetero) is 1. The van der Waals surface area contributed by atoms with Gasteiger partial charge in [0.15, 0.2) is 5.78 Å². The molecule has 6 heteroatoms. The number of hydrogen-bond donors (Lipinski definition) is 2. The van der Waals surface area contributed by atoms with Gasteiger partial charge < -0.3 is 19.8 Å². The van der Waals surface area contributed by atoms with E-state index in [-0.39, 0.29) is 5.78 Å². The number of hydrogen-bond acceptors (Lipinski definition) is 6. The van der Waals surface area contributed by atoms with E-state index in [0.717, 1.165) is 48.9 Å². The van der Waals surface area contributed by atoms with E-state index >= 15 is 0 Å². The quantitative estimate of drug-likeness (QED) is 0.408. The van der Waals surface area contributed by atoms with Crippen molar-refractivity contribution < 1.29 is 14.4 Å². The zero-order valence-electron chi connectivity index (χ0n) is 20.7. The van der Waals surface area contributed by atoms with E-state index in [1.165, 1.54) is 36.2 Å². The molecular formula is C29H35N3O3. The molecule has 0 radical (unpaired) electrons. The molecule has 1 aromatic heterocycles. The van der Waals surface area contributed by atoms with Gasteiger partial charge in [0.25, 0.3) is 0 Å². The molecule has 2 atom stereocenters. The second-order valence-corrected chi connectivity index (χ2v) is 10.2. The molecule has 6 nitrogen and oxygen atoms in total. The molecule has 2 aliphatic rings. The maximum Gasteiger partial charge on any atom is 0.188 e. The van der Waals surface area contributed by atoms with Crippen LogP contribution in [0.1, 0.15) is 51.7 Å². The van der Waals surface area contributed by atoms with Gasteiger partial charge in [-0.1, -0.05) is 47.6 Å². The van der Waals surface area contributed by atoms with Crippen LogP contribution in [0.2, 0.25) is 0 Å². The number of aryl methyl sites for hydroxylation is 3. The Kier molecular flexibility index (Phi) is 7.14. The Hall–Kier alpha value is -2.80. The van der Waals surface area contributed by atoms with Crippen LogP contribution < -0.4 is 5.32 Å². The first-order valence-corrected chi connectivity index (χ1v) is 12.7. The molecule has 1 aliphatic heterocycles. The summed E-state index contributed by atoms with van der Waals surface area (Å²) in [5.41, 5.74) is 6.42. The lowest BCUT2D eigenvalue weighted by Crippen LogP contribution is -2.51. The number of carbonyl (C=O) groups is 1. The van der Waals surface area contributed by atoms with E-state index < -0.39 is 6.61 Å². The molecule has 1 aliphatic carbocycles.